The minimum Gasteiger partial charge on any atom is -0.478 e. The molecule has 14 heteroatoms. The number of ether oxygens (including phenoxy) is 1. The van der Waals surface area contributed by atoms with E-state index in [4.69, 9.17) is 14.3 Å². The second-order valence-corrected chi connectivity index (χ2v) is 11.7. The second kappa shape index (κ2) is 10.8. The van der Waals surface area contributed by atoms with Gasteiger partial charge in [-0.1, -0.05) is 0 Å². The molecular formula is C30H28F2N6O6. The third kappa shape index (κ3) is 5.62. The van der Waals surface area contributed by atoms with Crippen molar-refractivity contribution < 1.29 is 37.4 Å². The average Bonchev–Trinajstić information content (AvgIpc) is 3.35. The van der Waals surface area contributed by atoms with E-state index < -0.39 is 35.7 Å². The number of benzene rings is 1. The number of alkyl halides is 2. The molecule has 6 rings (SSSR count). The number of carbonyl (C=O) groups excluding carboxylic acids is 2. The Hall–Kier alpha value is -5.14. The molecule has 0 radical (unpaired) electrons. The molecule has 2 aliphatic rings. The monoisotopic (exact) mass is 606 g/mol. The highest BCUT2D eigenvalue weighted by molar-refractivity contribution is 6.03. The van der Waals surface area contributed by atoms with Crippen LogP contribution >= 0.6 is 0 Å². The van der Waals surface area contributed by atoms with Crippen LogP contribution in [-0.4, -0.2) is 54.5 Å². The molecule has 228 valence electrons. The third-order valence-electron chi connectivity index (χ3n) is 7.56. The molecule has 2 saturated carbocycles. The number of oxazole rings is 1. The van der Waals surface area contributed by atoms with E-state index in [0.717, 1.165) is 23.8 Å². The zero-order chi connectivity index (χ0) is 31.3. The fourth-order valence-corrected chi connectivity index (χ4v) is 5.29. The Morgan fingerprint density at radius 2 is 1.84 bits per heavy atom. The molecule has 2 aliphatic carbocycles. The highest BCUT2D eigenvalue weighted by Crippen LogP contribution is 2.59. The molecule has 44 heavy (non-hydrogen) atoms. The fourth-order valence-electron chi connectivity index (χ4n) is 5.29. The summed E-state index contributed by atoms with van der Waals surface area (Å²) in [4.78, 5) is 47.5. The molecule has 4 aromatic rings. The lowest BCUT2D eigenvalue weighted by Crippen LogP contribution is -2.39. The van der Waals surface area contributed by atoms with Gasteiger partial charge in [0.25, 0.3) is 12.3 Å². The number of hydrogen-bond acceptors (Lipinski definition) is 8. The van der Waals surface area contributed by atoms with E-state index in [1.54, 1.807) is 37.8 Å². The minimum absolute atomic E-state index is 0.00134. The molecule has 0 aliphatic heterocycles. The number of halogens is 2. The number of carboxylic acid groups (broad SMARTS) is 1. The number of rotatable bonds is 8. The predicted octanol–water partition coefficient (Wildman–Crippen LogP) is 5.96. The van der Waals surface area contributed by atoms with Crippen molar-refractivity contribution in [2.75, 3.05) is 10.2 Å². The van der Waals surface area contributed by atoms with Crippen LogP contribution in [0.5, 0.6) is 0 Å². The number of aromatic nitrogens is 4. The van der Waals surface area contributed by atoms with Gasteiger partial charge in [0.15, 0.2) is 11.4 Å². The Bertz CT molecular complexity index is 1730. The Labute approximate surface area is 249 Å². The molecule has 2 fully saturated rings. The number of carbonyl (C=O) groups is 3. The zero-order valence-corrected chi connectivity index (χ0v) is 23.9. The minimum atomic E-state index is -3.01. The maximum atomic E-state index is 13.8. The Kier molecular flexibility index (Phi) is 7.14. The number of pyridine rings is 1. The summed E-state index contributed by atoms with van der Waals surface area (Å²) in [6.45, 7) is 5.38. The van der Waals surface area contributed by atoms with Crippen molar-refractivity contribution >= 4 is 29.5 Å². The van der Waals surface area contributed by atoms with Crippen molar-refractivity contribution in [2.45, 2.75) is 51.7 Å². The first kappa shape index (κ1) is 29.0. The van der Waals surface area contributed by atoms with E-state index >= 15 is 0 Å². The second-order valence-electron chi connectivity index (χ2n) is 11.7. The molecule has 0 spiro atoms. The van der Waals surface area contributed by atoms with Crippen LogP contribution in [0.1, 0.15) is 66.6 Å². The van der Waals surface area contributed by atoms with Gasteiger partial charge in [-0.05, 0) is 81.8 Å². The maximum Gasteiger partial charge on any atom is 0.416 e. The van der Waals surface area contributed by atoms with Gasteiger partial charge in [0.2, 0.25) is 5.89 Å². The lowest BCUT2D eigenvalue weighted by atomic mass is 10.0. The highest BCUT2D eigenvalue weighted by atomic mass is 19.3. The standard InChI is InChI=1S/C30H28F2N6O6/c1-30(2,3)44-29(42)38(24-18-8-9-19(18)24)22-12-16(10-11-33-22)27-35-21(14-43-27)26(39)34-20-13-37(36-23(20)25(31)32)17-6-4-15(5-7-17)28(40)41/h4-7,10-14,18-19,24-25H,8-9H2,1-3H3,(H,34,39)(H,40,41). The summed E-state index contributed by atoms with van der Waals surface area (Å²) >= 11 is 0. The fraction of sp³-hybridized carbons (Fsp3) is 0.333. The van der Waals surface area contributed by atoms with E-state index in [1.165, 1.54) is 36.7 Å². The molecule has 2 unspecified atom stereocenters. The molecule has 1 aromatic carbocycles. The molecule has 2 N–H and O–H groups in total. The summed E-state index contributed by atoms with van der Waals surface area (Å²) in [7, 11) is 0. The van der Waals surface area contributed by atoms with Crippen molar-refractivity contribution in [2.24, 2.45) is 11.8 Å². The summed E-state index contributed by atoms with van der Waals surface area (Å²) in [5.74, 6) is -0.700. The van der Waals surface area contributed by atoms with Gasteiger partial charge >= 0.3 is 12.1 Å². The van der Waals surface area contributed by atoms with E-state index in [9.17, 15) is 23.2 Å². The van der Waals surface area contributed by atoms with Gasteiger partial charge < -0.3 is 19.6 Å². The molecule has 0 saturated heterocycles. The molecule has 3 heterocycles. The lowest BCUT2D eigenvalue weighted by Gasteiger charge is -2.27. The summed E-state index contributed by atoms with van der Waals surface area (Å²) in [5, 5.41) is 15.3. The Balaban J connectivity index is 1.22. The first-order valence-corrected chi connectivity index (χ1v) is 13.9. The number of amides is 2. The number of fused-ring (bicyclic) bond motifs is 1. The molecule has 2 amide bonds. The molecular weight excluding hydrogens is 578 g/mol. The van der Waals surface area contributed by atoms with Gasteiger partial charge in [0, 0.05) is 17.8 Å². The summed E-state index contributed by atoms with van der Waals surface area (Å²) in [6.07, 6.45) is 2.36. The smallest absolute Gasteiger partial charge is 0.416 e. The van der Waals surface area contributed by atoms with Crippen LogP contribution in [0.2, 0.25) is 0 Å². The van der Waals surface area contributed by atoms with E-state index in [2.05, 4.69) is 20.4 Å². The maximum absolute atomic E-state index is 13.8. The number of anilines is 2. The van der Waals surface area contributed by atoms with Crippen LogP contribution in [0.25, 0.3) is 17.1 Å². The van der Waals surface area contributed by atoms with Gasteiger partial charge in [-0.3, -0.25) is 9.69 Å². The van der Waals surface area contributed by atoms with E-state index in [-0.39, 0.29) is 28.9 Å². The normalized spacial score (nSPS) is 18.7. The third-order valence-corrected chi connectivity index (χ3v) is 7.56. The van der Waals surface area contributed by atoms with Crippen LogP contribution < -0.4 is 10.2 Å². The topological polar surface area (TPSA) is 153 Å². The molecule has 12 nitrogen and oxygen atoms in total. The molecule has 3 aromatic heterocycles. The van der Waals surface area contributed by atoms with Crippen LogP contribution in [0, 0.1) is 11.8 Å². The lowest BCUT2D eigenvalue weighted by molar-refractivity contribution is 0.0573. The predicted molar refractivity (Wildman–Crippen MR) is 152 cm³/mol. The van der Waals surface area contributed by atoms with Gasteiger partial charge in [-0.25, -0.2) is 33.0 Å². The van der Waals surface area contributed by atoms with Gasteiger partial charge in [-0.15, -0.1) is 0 Å². The largest absolute Gasteiger partial charge is 0.478 e. The number of carboxylic acids is 1. The average molecular weight is 607 g/mol. The quantitative estimate of drug-likeness (QED) is 0.247. The van der Waals surface area contributed by atoms with Crippen molar-refractivity contribution in [3.63, 3.8) is 0 Å². The van der Waals surface area contributed by atoms with Crippen LogP contribution in [0.4, 0.5) is 25.1 Å². The number of hydrogen-bond donors (Lipinski definition) is 2. The SMILES string of the molecule is CC(C)(C)OC(=O)N(c1cc(-c2nc(C(=O)Nc3cn(-c4ccc(C(=O)O)cc4)nc3C(F)F)co2)ccn1)C1C2CCC21. The van der Waals surface area contributed by atoms with Crippen molar-refractivity contribution in [3.05, 3.63) is 72.0 Å². The first-order valence-electron chi connectivity index (χ1n) is 13.9. The number of nitrogens with one attached hydrogen (secondary N) is 1. The van der Waals surface area contributed by atoms with E-state index in [1.807, 2.05) is 0 Å². The molecule has 2 atom stereocenters. The van der Waals surface area contributed by atoms with Crippen LogP contribution in [-0.2, 0) is 4.74 Å². The number of nitrogens with zero attached hydrogens (tertiary/aromatic N) is 5. The van der Waals surface area contributed by atoms with Crippen LogP contribution in [0.3, 0.4) is 0 Å². The first-order chi connectivity index (χ1) is 20.9. The van der Waals surface area contributed by atoms with Gasteiger partial charge in [0.1, 0.15) is 17.7 Å². The van der Waals surface area contributed by atoms with Crippen molar-refractivity contribution in [3.8, 4) is 17.1 Å². The van der Waals surface area contributed by atoms with E-state index in [0.29, 0.717) is 28.9 Å². The van der Waals surface area contributed by atoms with Crippen molar-refractivity contribution in [1.82, 2.24) is 19.7 Å². The Morgan fingerprint density at radius 1 is 1.14 bits per heavy atom. The zero-order valence-electron chi connectivity index (χ0n) is 23.9. The van der Waals surface area contributed by atoms with Crippen molar-refractivity contribution in [1.29, 1.82) is 0 Å². The summed E-state index contributed by atoms with van der Waals surface area (Å²) in [5.41, 5.74) is -1.03. The molecule has 0 bridgehead atoms. The highest BCUT2D eigenvalue weighted by Gasteiger charge is 2.61. The number of aromatic carboxylic acids is 1. The Morgan fingerprint density at radius 3 is 2.45 bits per heavy atom. The van der Waals surface area contributed by atoms with Gasteiger partial charge in [-0.2, -0.15) is 5.10 Å². The summed E-state index contributed by atoms with van der Waals surface area (Å²) in [6, 6.07) is 8.67. The summed E-state index contributed by atoms with van der Waals surface area (Å²) < 4.78 is 39.9. The van der Waals surface area contributed by atoms with Gasteiger partial charge in [0.05, 0.1) is 23.1 Å². The van der Waals surface area contributed by atoms with Crippen LogP contribution in [0.15, 0.2) is 59.5 Å².